The maximum atomic E-state index is 12.2. The molecule has 1 N–H and O–H groups in total. The van der Waals surface area contributed by atoms with Crippen LogP contribution in [0.15, 0.2) is 72.6 Å². The van der Waals surface area contributed by atoms with Crippen molar-refractivity contribution in [1.29, 1.82) is 0 Å². The van der Waals surface area contributed by atoms with E-state index in [2.05, 4.69) is 109 Å². The second-order valence-electron chi connectivity index (χ2n) is 18.3. The van der Waals surface area contributed by atoms with Crippen LogP contribution in [0.4, 0.5) is 0 Å². The maximum absolute atomic E-state index is 12.2. The van der Waals surface area contributed by atoms with Gasteiger partial charge in [-0.2, -0.15) is 12.5 Å². The van der Waals surface area contributed by atoms with Crippen molar-refractivity contribution in [3.05, 3.63) is 103 Å². The van der Waals surface area contributed by atoms with Gasteiger partial charge in [-0.15, -0.1) is 34.4 Å². The van der Waals surface area contributed by atoms with Crippen molar-refractivity contribution in [3.8, 4) is 11.3 Å². The number of pyridine rings is 1. The normalized spacial score (nSPS) is 15.5. The predicted octanol–water partition coefficient (Wildman–Crippen LogP) is 14.6. The van der Waals surface area contributed by atoms with E-state index in [-0.39, 0.29) is 47.9 Å². The van der Waals surface area contributed by atoms with Gasteiger partial charge in [-0.3, -0.25) is 4.79 Å². The Balaban J connectivity index is 0.000000320. The van der Waals surface area contributed by atoms with E-state index in [9.17, 15) is 9.90 Å². The first-order chi connectivity index (χ1) is 25.3. The third-order valence-corrected chi connectivity index (χ3v) is 14.5. The molecular formula is C50H66IrNO2S-. The van der Waals surface area contributed by atoms with Gasteiger partial charge in [0, 0.05) is 53.5 Å². The van der Waals surface area contributed by atoms with Crippen LogP contribution in [-0.4, -0.2) is 10.9 Å². The monoisotopic (exact) mass is 937 g/mol. The Kier molecular flexibility index (Phi) is 13.9. The third-order valence-electron chi connectivity index (χ3n) is 13.3. The van der Waals surface area contributed by atoms with Crippen molar-refractivity contribution < 1.29 is 34.6 Å². The standard InChI is InChI=1S/C35H38NS.C15H28O2.Ir/c1-22-25-10-8-9-11-26(25)30(34(2,3)4)21-29(22)32-33-28(16-19-36(32)7)27-13-12-24(20-31(27)37-33)23-14-17-35(5,6)18-15-23;1-7-14(5,8-2)12(16)11-13(17)15(6,9-3)10-4;/h8-13,16,19-21,23H,1,7,14-15,17-18H2,2-6H3;11,16H,7-10H2,1-6H3;/q-1;;/b;12-11-;. The zero-order chi connectivity index (χ0) is 39.8. The minimum atomic E-state index is -0.337. The SMILES string of the molecule is CCC(C)(CC)C(=O)/C=C(\O)C(C)(CC)CC.[CH2-]c1c(-c2c3sc4cc(C5CCC(C)(C)CC5)ccc4c3cc[n+]2[CH2-])cc(C(C)(C)C)c2ccccc12.[Ir]. The topological polar surface area (TPSA) is 41.2 Å². The number of nitrogens with zero attached hydrogens (tertiary/aromatic N) is 1. The van der Waals surface area contributed by atoms with E-state index in [0.717, 1.165) is 31.2 Å². The van der Waals surface area contributed by atoms with Gasteiger partial charge >= 0.3 is 0 Å². The number of aromatic nitrogens is 1. The molecule has 299 valence electrons. The molecule has 6 rings (SSSR count). The number of allylic oxidation sites excluding steroid dienone is 2. The number of aliphatic hydroxyl groups is 1. The molecule has 1 aliphatic rings. The first kappa shape index (κ1) is 44.6. The molecule has 1 fully saturated rings. The van der Waals surface area contributed by atoms with Gasteiger partial charge in [0.25, 0.3) is 0 Å². The average molecular weight is 937 g/mol. The molecule has 0 amide bonds. The van der Waals surface area contributed by atoms with E-state index >= 15 is 0 Å². The summed E-state index contributed by atoms with van der Waals surface area (Å²) in [6, 6.07) is 20.6. The van der Waals surface area contributed by atoms with E-state index in [1.807, 2.05) is 57.4 Å². The first-order valence-electron chi connectivity index (χ1n) is 20.4. The smallest absolute Gasteiger partial charge is 0.164 e. The Morgan fingerprint density at radius 2 is 1.44 bits per heavy atom. The molecule has 1 saturated carbocycles. The Morgan fingerprint density at radius 3 is 2.00 bits per heavy atom. The molecule has 3 aromatic carbocycles. The summed E-state index contributed by atoms with van der Waals surface area (Å²) in [4.78, 5) is 12.2. The van der Waals surface area contributed by atoms with Crippen LogP contribution in [0.5, 0.6) is 0 Å². The van der Waals surface area contributed by atoms with Gasteiger partial charge in [0.15, 0.2) is 5.78 Å². The van der Waals surface area contributed by atoms with Crippen LogP contribution in [0.25, 0.3) is 42.2 Å². The number of fused-ring (bicyclic) bond motifs is 4. The zero-order valence-electron chi connectivity index (χ0n) is 35.5. The van der Waals surface area contributed by atoms with Crippen molar-refractivity contribution in [1.82, 2.24) is 0 Å². The number of aliphatic hydroxyl groups excluding tert-OH is 1. The number of carbonyl (C=O) groups is 1. The number of hydrogen-bond acceptors (Lipinski definition) is 3. The predicted molar refractivity (Wildman–Crippen MR) is 234 cm³/mol. The number of hydrogen-bond donors (Lipinski definition) is 1. The van der Waals surface area contributed by atoms with Crippen molar-refractivity contribution in [2.24, 2.45) is 16.2 Å². The summed E-state index contributed by atoms with van der Waals surface area (Å²) in [5.41, 5.74) is 6.21. The van der Waals surface area contributed by atoms with Crippen LogP contribution in [0.3, 0.4) is 0 Å². The molecule has 0 bridgehead atoms. The van der Waals surface area contributed by atoms with Crippen molar-refractivity contribution in [2.45, 2.75) is 139 Å². The summed E-state index contributed by atoms with van der Waals surface area (Å²) >= 11 is 1.91. The van der Waals surface area contributed by atoms with Gasteiger partial charge in [-0.05, 0) is 96.6 Å². The van der Waals surface area contributed by atoms with Gasteiger partial charge < -0.3 is 9.67 Å². The number of rotatable bonds is 9. The molecule has 5 aromatic rings. The fraction of sp³-hybridized carbons (Fsp3) is 0.480. The van der Waals surface area contributed by atoms with E-state index < -0.39 is 0 Å². The minimum absolute atomic E-state index is 0. The summed E-state index contributed by atoms with van der Waals surface area (Å²) < 4.78 is 4.73. The van der Waals surface area contributed by atoms with Crippen molar-refractivity contribution in [2.75, 3.05) is 0 Å². The number of ketones is 1. The first-order valence-corrected chi connectivity index (χ1v) is 21.2. The zero-order valence-corrected chi connectivity index (χ0v) is 38.8. The summed E-state index contributed by atoms with van der Waals surface area (Å²) in [5, 5.41) is 15.3. The minimum Gasteiger partial charge on any atom is -0.512 e. The van der Waals surface area contributed by atoms with E-state index in [1.54, 1.807) is 0 Å². The second kappa shape index (κ2) is 17.2. The molecule has 0 atom stereocenters. The van der Waals surface area contributed by atoms with Crippen LogP contribution in [0.2, 0.25) is 0 Å². The van der Waals surface area contributed by atoms with Crippen LogP contribution >= 0.6 is 11.3 Å². The van der Waals surface area contributed by atoms with E-state index in [4.69, 9.17) is 0 Å². The van der Waals surface area contributed by atoms with Crippen LogP contribution < -0.4 is 4.57 Å². The van der Waals surface area contributed by atoms with Gasteiger partial charge in [-0.25, -0.2) is 0 Å². The van der Waals surface area contributed by atoms with Gasteiger partial charge in [0.1, 0.15) is 5.76 Å². The fourth-order valence-corrected chi connectivity index (χ4v) is 9.37. The Morgan fingerprint density at radius 1 is 0.855 bits per heavy atom. The molecule has 0 spiro atoms. The molecular weight excluding hydrogens is 871 g/mol. The fourth-order valence-electron chi connectivity index (χ4n) is 8.06. The largest absolute Gasteiger partial charge is 0.512 e. The van der Waals surface area contributed by atoms with Gasteiger partial charge in [0.2, 0.25) is 0 Å². The Hall–Kier alpha value is -3.11. The molecule has 1 radical (unpaired) electrons. The maximum Gasteiger partial charge on any atom is 0.164 e. The van der Waals surface area contributed by atoms with Crippen LogP contribution in [-0.2, 0) is 30.3 Å². The molecule has 3 nitrogen and oxygen atoms in total. The van der Waals surface area contributed by atoms with Crippen LogP contribution in [0, 0.1) is 30.2 Å². The number of thiophene rings is 1. The average Bonchev–Trinajstić information content (AvgIpc) is 3.52. The van der Waals surface area contributed by atoms with E-state index in [1.165, 1.54) is 85.1 Å². The summed E-state index contributed by atoms with van der Waals surface area (Å²) in [5.74, 6) is 0.968. The van der Waals surface area contributed by atoms with Crippen LogP contribution in [0.1, 0.15) is 150 Å². The van der Waals surface area contributed by atoms with E-state index in [0.29, 0.717) is 11.3 Å². The molecule has 1 aliphatic carbocycles. The van der Waals surface area contributed by atoms with Crippen molar-refractivity contribution >= 4 is 48.1 Å². The molecule has 0 saturated heterocycles. The number of benzene rings is 3. The van der Waals surface area contributed by atoms with Gasteiger partial charge in [-0.1, -0.05) is 117 Å². The number of carbonyl (C=O) groups excluding carboxylic acids is 1. The summed E-state index contributed by atoms with van der Waals surface area (Å²) in [7, 11) is 4.43. The third kappa shape index (κ3) is 9.06. The Labute approximate surface area is 350 Å². The van der Waals surface area contributed by atoms with Crippen molar-refractivity contribution in [3.63, 3.8) is 0 Å². The quantitative estimate of drug-likeness (QED) is 0.0692. The molecule has 0 unspecified atom stereocenters. The molecule has 0 aliphatic heterocycles. The summed E-state index contributed by atoms with van der Waals surface area (Å²) in [6.07, 6.45) is 12.1. The summed E-state index contributed by atoms with van der Waals surface area (Å²) in [6.45, 7) is 28.4. The molecule has 2 heterocycles. The molecule has 55 heavy (non-hydrogen) atoms. The van der Waals surface area contributed by atoms with Gasteiger partial charge in [0.05, 0.1) is 11.9 Å². The Bertz CT molecular complexity index is 2160. The molecule has 5 heteroatoms. The second-order valence-corrected chi connectivity index (χ2v) is 19.4. The molecule has 2 aromatic heterocycles.